The molecule has 0 saturated heterocycles. The van der Waals surface area contributed by atoms with Gasteiger partial charge in [-0.1, -0.05) is 18.2 Å². The molecule has 1 N–H and O–H groups in total. The second-order valence-electron chi connectivity index (χ2n) is 8.01. The molecule has 0 unspecified atom stereocenters. The number of hydrogen-bond acceptors (Lipinski definition) is 5. The van der Waals surface area contributed by atoms with Gasteiger partial charge in [-0.2, -0.15) is 5.10 Å². The SMILES string of the molecule is Cc1cc(NC(=O)CCn2c(C)nc3c(cnn3-c3ccc(F)cc3)c2=O)c2ccccc2n1. The van der Waals surface area contributed by atoms with Gasteiger partial charge in [0.05, 0.1) is 23.1 Å². The van der Waals surface area contributed by atoms with Crippen LogP contribution in [0.15, 0.2) is 65.6 Å². The number of carbonyl (C=O) groups is 1. The Labute approximate surface area is 193 Å². The van der Waals surface area contributed by atoms with Crippen molar-refractivity contribution in [3.63, 3.8) is 0 Å². The molecule has 0 atom stereocenters. The summed E-state index contributed by atoms with van der Waals surface area (Å²) in [5.41, 5.74) is 2.99. The number of benzene rings is 2. The Morgan fingerprint density at radius 3 is 2.59 bits per heavy atom. The first kappa shape index (κ1) is 21.4. The van der Waals surface area contributed by atoms with E-state index in [4.69, 9.17) is 0 Å². The van der Waals surface area contributed by atoms with Crippen molar-refractivity contribution in [2.75, 3.05) is 5.32 Å². The van der Waals surface area contributed by atoms with Gasteiger partial charge in [-0.3, -0.25) is 19.1 Å². The van der Waals surface area contributed by atoms with Crippen LogP contribution in [0.5, 0.6) is 0 Å². The molecule has 0 bridgehead atoms. The number of carbonyl (C=O) groups excluding carboxylic acids is 1. The summed E-state index contributed by atoms with van der Waals surface area (Å²) in [5, 5.41) is 8.38. The van der Waals surface area contributed by atoms with Gasteiger partial charge in [0.25, 0.3) is 5.56 Å². The number of aromatic nitrogens is 5. The molecule has 5 aromatic rings. The maximum absolute atomic E-state index is 13.3. The fraction of sp³-hybridized carbons (Fsp3) is 0.160. The van der Waals surface area contributed by atoms with Crippen LogP contribution in [0.2, 0.25) is 0 Å². The van der Waals surface area contributed by atoms with Gasteiger partial charge in [0, 0.05) is 24.0 Å². The fourth-order valence-electron chi connectivity index (χ4n) is 3.98. The summed E-state index contributed by atoms with van der Waals surface area (Å²) in [7, 11) is 0. The molecule has 0 saturated carbocycles. The van der Waals surface area contributed by atoms with E-state index in [1.807, 2.05) is 37.3 Å². The smallest absolute Gasteiger partial charge is 0.264 e. The maximum atomic E-state index is 13.3. The van der Waals surface area contributed by atoms with Crippen LogP contribution in [0, 0.1) is 19.7 Å². The Hall–Kier alpha value is -4.40. The number of fused-ring (bicyclic) bond motifs is 2. The van der Waals surface area contributed by atoms with Crippen molar-refractivity contribution >= 4 is 33.5 Å². The zero-order valence-corrected chi connectivity index (χ0v) is 18.6. The second-order valence-corrected chi connectivity index (χ2v) is 8.01. The predicted molar refractivity (Wildman–Crippen MR) is 128 cm³/mol. The van der Waals surface area contributed by atoms with E-state index in [9.17, 15) is 14.0 Å². The average Bonchev–Trinajstić information content (AvgIpc) is 3.23. The number of para-hydroxylation sites is 1. The van der Waals surface area contributed by atoms with Crippen LogP contribution in [0.25, 0.3) is 27.6 Å². The lowest BCUT2D eigenvalue weighted by atomic mass is 10.1. The summed E-state index contributed by atoms with van der Waals surface area (Å²) in [5.74, 6) is -0.122. The van der Waals surface area contributed by atoms with Gasteiger partial charge < -0.3 is 5.32 Å². The first-order valence-corrected chi connectivity index (χ1v) is 10.8. The molecule has 2 aromatic carbocycles. The van der Waals surface area contributed by atoms with E-state index in [1.54, 1.807) is 19.1 Å². The van der Waals surface area contributed by atoms with Crippen LogP contribution in [0.3, 0.4) is 0 Å². The highest BCUT2D eigenvalue weighted by Crippen LogP contribution is 2.23. The summed E-state index contributed by atoms with van der Waals surface area (Å²) >= 11 is 0. The van der Waals surface area contributed by atoms with Crippen molar-refractivity contribution in [1.82, 2.24) is 24.3 Å². The van der Waals surface area contributed by atoms with Crippen molar-refractivity contribution in [2.24, 2.45) is 0 Å². The zero-order valence-electron chi connectivity index (χ0n) is 18.6. The third-order valence-corrected chi connectivity index (χ3v) is 5.63. The average molecular weight is 456 g/mol. The van der Waals surface area contributed by atoms with E-state index in [1.165, 1.54) is 27.6 Å². The van der Waals surface area contributed by atoms with E-state index in [-0.39, 0.29) is 30.2 Å². The van der Waals surface area contributed by atoms with Gasteiger partial charge in [-0.05, 0) is 50.2 Å². The molecule has 0 fully saturated rings. The molecule has 0 radical (unpaired) electrons. The molecule has 0 aliphatic carbocycles. The van der Waals surface area contributed by atoms with Crippen LogP contribution < -0.4 is 10.9 Å². The number of pyridine rings is 1. The molecule has 3 heterocycles. The second kappa shape index (κ2) is 8.51. The molecule has 3 aromatic heterocycles. The lowest BCUT2D eigenvalue weighted by Gasteiger charge is -2.12. The molecule has 0 aliphatic heterocycles. The molecule has 0 aliphatic rings. The Morgan fingerprint density at radius 2 is 1.79 bits per heavy atom. The first-order chi connectivity index (χ1) is 16.4. The first-order valence-electron chi connectivity index (χ1n) is 10.8. The Morgan fingerprint density at radius 1 is 1.03 bits per heavy atom. The molecule has 34 heavy (non-hydrogen) atoms. The number of nitrogens with zero attached hydrogens (tertiary/aromatic N) is 5. The summed E-state index contributed by atoms with van der Waals surface area (Å²) in [6.45, 7) is 3.75. The number of rotatable bonds is 5. The van der Waals surface area contributed by atoms with Gasteiger partial charge in [-0.15, -0.1) is 0 Å². The third kappa shape index (κ3) is 3.92. The van der Waals surface area contributed by atoms with Crippen LogP contribution in [0.4, 0.5) is 10.1 Å². The van der Waals surface area contributed by atoms with E-state index >= 15 is 0 Å². The predicted octanol–water partition coefficient (Wildman–Crippen LogP) is 3.92. The largest absolute Gasteiger partial charge is 0.325 e. The maximum Gasteiger partial charge on any atom is 0.264 e. The number of hydrogen-bond donors (Lipinski definition) is 1. The number of nitrogens with one attached hydrogen (secondary N) is 1. The van der Waals surface area contributed by atoms with E-state index in [2.05, 4.69) is 20.4 Å². The monoisotopic (exact) mass is 456 g/mol. The van der Waals surface area contributed by atoms with Gasteiger partial charge in [0.2, 0.25) is 5.91 Å². The molecular formula is C25H21FN6O2. The van der Waals surface area contributed by atoms with Crippen molar-refractivity contribution < 1.29 is 9.18 Å². The molecule has 8 nitrogen and oxygen atoms in total. The highest BCUT2D eigenvalue weighted by Gasteiger charge is 2.15. The Bertz CT molecular complexity index is 1600. The fourth-order valence-corrected chi connectivity index (χ4v) is 3.98. The highest BCUT2D eigenvalue weighted by molar-refractivity contribution is 6.01. The molecule has 0 spiro atoms. The van der Waals surface area contributed by atoms with Crippen LogP contribution in [-0.4, -0.2) is 30.2 Å². The summed E-state index contributed by atoms with van der Waals surface area (Å²) in [4.78, 5) is 34.9. The van der Waals surface area contributed by atoms with Gasteiger partial charge in [0.15, 0.2) is 5.65 Å². The van der Waals surface area contributed by atoms with Crippen LogP contribution in [0.1, 0.15) is 17.9 Å². The molecule has 1 amide bonds. The molecule has 5 rings (SSSR count). The van der Waals surface area contributed by atoms with E-state index < -0.39 is 0 Å². The number of aryl methyl sites for hydroxylation is 2. The minimum atomic E-state index is -0.361. The molecule has 170 valence electrons. The van der Waals surface area contributed by atoms with E-state index in [0.29, 0.717) is 28.2 Å². The minimum Gasteiger partial charge on any atom is -0.325 e. The standard InChI is InChI=1S/C25H21FN6O2/c1-15-13-22(19-5-3-4-6-21(19)28-15)30-23(33)11-12-31-16(2)29-24-20(25(31)34)14-27-32(24)18-9-7-17(26)8-10-18/h3-10,13-14H,11-12H2,1-2H3,(H,28,30,33). The normalized spacial score (nSPS) is 11.3. The third-order valence-electron chi connectivity index (χ3n) is 5.63. The van der Waals surface area contributed by atoms with Crippen LogP contribution in [-0.2, 0) is 11.3 Å². The topological polar surface area (TPSA) is 94.7 Å². The van der Waals surface area contributed by atoms with Gasteiger partial charge in [-0.25, -0.2) is 14.1 Å². The number of halogens is 1. The zero-order chi connectivity index (χ0) is 23.8. The summed E-state index contributed by atoms with van der Waals surface area (Å²) in [6, 6.07) is 15.2. The summed E-state index contributed by atoms with van der Waals surface area (Å²) < 4.78 is 16.2. The van der Waals surface area contributed by atoms with Crippen molar-refractivity contribution in [1.29, 1.82) is 0 Å². The van der Waals surface area contributed by atoms with Crippen molar-refractivity contribution in [2.45, 2.75) is 26.8 Å². The number of amides is 1. The Balaban J connectivity index is 1.39. The Kier molecular flexibility index (Phi) is 5.37. The molecule has 9 heteroatoms. The number of anilines is 1. The van der Waals surface area contributed by atoms with Crippen LogP contribution >= 0.6 is 0 Å². The van der Waals surface area contributed by atoms with Crippen molar-refractivity contribution in [3.8, 4) is 5.69 Å². The lowest BCUT2D eigenvalue weighted by molar-refractivity contribution is -0.116. The lowest BCUT2D eigenvalue weighted by Crippen LogP contribution is -2.26. The van der Waals surface area contributed by atoms with Gasteiger partial charge >= 0.3 is 0 Å². The quantitative estimate of drug-likeness (QED) is 0.433. The highest BCUT2D eigenvalue weighted by atomic mass is 19.1. The van der Waals surface area contributed by atoms with E-state index in [0.717, 1.165) is 16.6 Å². The minimum absolute atomic E-state index is 0.0930. The van der Waals surface area contributed by atoms with Crippen molar-refractivity contribution in [3.05, 3.63) is 88.5 Å². The molecular weight excluding hydrogens is 435 g/mol. The van der Waals surface area contributed by atoms with Gasteiger partial charge in [0.1, 0.15) is 17.0 Å². The summed E-state index contributed by atoms with van der Waals surface area (Å²) in [6.07, 6.45) is 1.53.